The van der Waals surface area contributed by atoms with Crippen LogP contribution in [0.3, 0.4) is 0 Å². The van der Waals surface area contributed by atoms with Crippen LogP contribution in [0.4, 0.5) is 5.69 Å². The maximum absolute atomic E-state index is 12.4. The second-order valence-electron chi connectivity index (χ2n) is 6.07. The van der Waals surface area contributed by atoms with E-state index in [2.05, 4.69) is 5.32 Å². The van der Waals surface area contributed by atoms with E-state index in [9.17, 15) is 18.0 Å². The summed E-state index contributed by atoms with van der Waals surface area (Å²) in [6, 6.07) is 6.00. The molecule has 1 heterocycles. The molecule has 1 fully saturated rings. The van der Waals surface area contributed by atoms with Crippen LogP contribution in [-0.4, -0.2) is 44.0 Å². The number of carbonyl (C=O) groups is 2. The Morgan fingerprint density at radius 1 is 1.04 bits per heavy atom. The SMILES string of the molecule is CC(=O)Nc1ccc(S(=O)(=O)CCC(=O)N2CCCCCC2)cc1. The van der Waals surface area contributed by atoms with Gasteiger partial charge in [-0.3, -0.25) is 9.59 Å². The normalized spacial score (nSPS) is 15.6. The predicted octanol–water partition coefficient (Wildman–Crippen LogP) is 2.21. The van der Waals surface area contributed by atoms with Crippen LogP contribution >= 0.6 is 0 Å². The summed E-state index contributed by atoms with van der Waals surface area (Å²) in [7, 11) is -3.51. The van der Waals surface area contributed by atoms with E-state index in [1.54, 1.807) is 17.0 Å². The Balaban J connectivity index is 1.95. The van der Waals surface area contributed by atoms with E-state index >= 15 is 0 Å². The zero-order valence-electron chi connectivity index (χ0n) is 14.0. The Labute approximate surface area is 143 Å². The topological polar surface area (TPSA) is 83.5 Å². The summed E-state index contributed by atoms with van der Waals surface area (Å²) in [6.07, 6.45) is 4.24. The summed E-state index contributed by atoms with van der Waals surface area (Å²) in [5, 5.41) is 2.59. The number of anilines is 1. The molecule has 6 nitrogen and oxygen atoms in total. The van der Waals surface area contributed by atoms with Crippen LogP contribution in [0.2, 0.25) is 0 Å². The number of amides is 2. The number of hydrogen-bond donors (Lipinski definition) is 1. The summed E-state index contributed by atoms with van der Waals surface area (Å²) >= 11 is 0. The van der Waals surface area contributed by atoms with Crippen LogP contribution in [0.1, 0.15) is 39.0 Å². The minimum absolute atomic E-state index is 0.00970. The van der Waals surface area contributed by atoms with E-state index in [-0.39, 0.29) is 28.9 Å². The van der Waals surface area contributed by atoms with Crippen LogP contribution < -0.4 is 5.32 Å². The molecule has 1 saturated heterocycles. The van der Waals surface area contributed by atoms with E-state index in [1.165, 1.54) is 19.1 Å². The molecule has 2 amide bonds. The second kappa shape index (κ2) is 8.28. The standard InChI is InChI=1S/C17H24N2O4S/c1-14(20)18-15-6-8-16(9-7-15)24(22,23)13-10-17(21)19-11-4-2-3-5-12-19/h6-9H,2-5,10-13H2,1H3,(H,18,20). The average molecular weight is 352 g/mol. The molecule has 0 radical (unpaired) electrons. The van der Waals surface area contributed by atoms with Crippen LogP contribution in [0.5, 0.6) is 0 Å². The van der Waals surface area contributed by atoms with Crippen molar-refractivity contribution in [3.05, 3.63) is 24.3 Å². The molecular formula is C17H24N2O4S. The van der Waals surface area contributed by atoms with Gasteiger partial charge in [-0.25, -0.2) is 8.42 Å². The van der Waals surface area contributed by atoms with Gasteiger partial charge >= 0.3 is 0 Å². The molecule has 1 aromatic rings. The van der Waals surface area contributed by atoms with Gasteiger partial charge in [0, 0.05) is 32.1 Å². The van der Waals surface area contributed by atoms with Crippen LogP contribution in [0.25, 0.3) is 0 Å². The smallest absolute Gasteiger partial charge is 0.223 e. The molecule has 1 aromatic carbocycles. The van der Waals surface area contributed by atoms with Gasteiger partial charge in [-0.1, -0.05) is 12.8 Å². The highest BCUT2D eigenvalue weighted by atomic mass is 32.2. The largest absolute Gasteiger partial charge is 0.343 e. The number of rotatable bonds is 5. The molecule has 1 aliphatic rings. The first-order valence-corrected chi connectivity index (χ1v) is 9.92. The van der Waals surface area contributed by atoms with Crippen LogP contribution in [-0.2, 0) is 19.4 Å². The van der Waals surface area contributed by atoms with Crippen molar-refractivity contribution in [3.8, 4) is 0 Å². The van der Waals surface area contributed by atoms with Crippen molar-refractivity contribution in [3.63, 3.8) is 0 Å². The Kier molecular flexibility index (Phi) is 6.36. The molecule has 0 atom stereocenters. The lowest BCUT2D eigenvalue weighted by Crippen LogP contribution is -2.33. The summed E-state index contributed by atoms with van der Waals surface area (Å²) in [5.41, 5.74) is 0.544. The molecule has 7 heteroatoms. The Morgan fingerprint density at radius 2 is 1.62 bits per heavy atom. The Morgan fingerprint density at radius 3 is 2.17 bits per heavy atom. The first kappa shape index (κ1) is 18.4. The van der Waals surface area contributed by atoms with Gasteiger partial charge in [0.05, 0.1) is 10.6 Å². The molecule has 24 heavy (non-hydrogen) atoms. The lowest BCUT2D eigenvalue weighted by Gasteiger charge is -2.20. The lowest BCUT2D eigenvalue weighted by molar-refractivity contribution is -0.130. The van der Waals surface area contributed by atoms with Crippen molar-refractivity contribution in [2.75, 3.05) is 24.2 Å². The minimum atomic E-state index is -3.51. The summed E-state index contributed by atoms with van der Waals surface area (Å²) < 4.78 is 24.7. The number of likely N-dealkylation sites (tertiary alicyclic amines) is 1. The van der Waals surface area contributed by atoms with Crippen molar-refractivity contribution in [1.29, 1.82) is 0 Å². The van der Waals surface area contributed by atoms with Crippen LogP contribution in [0.15, 0.2) is 29.2 Å². The molecule has 1 N–H and O–H groups in total. The number of sulfone groups is 1. The van der Waals surface area contributed by atoms with Crippen molar-refractivity contribution in [1.82, 2.24) is 4.90 Å². The van der Waals surface area contributed by atoms with Gasteiger partial charge in [-0.05, 0) is 37.1 Å². The van der Waals surface area contributed by atoms with Gasteiger partial charge < -0.3 is 10.2 Å². The average Bonchev–Trinajstić information content (AvgIpc) is 2.82. The minimum Gasteiger partial charge on any atom is -0.343 e. The van der Waals surface area contributed by atoms with Crippen molar-refractivity contribution < 1.29 is 18.0 Å². The first-order valence-electron chi connectivity index (χ1n) is 8.27. The third kappa shape index (κ3) is 5.33. The predicted molar refractivity (Wildman–Crippen MR) is 92.5 cm³/mol. The van der Waals surface area contributed by atoms with Gasteiger partial charge in [-0.15, -0.1) is 0 Å². The fraction of sp³-hybridized carbons (Fsp3) is 0.529. The van der Waals surface area contributed by atoms with E-state index in [0.29, 0.717) is 5.69 Å². The van der Waals surface area contributed by atoms with Gasteiger partial charge in [0.2, 0.25) is 11.8 Å². The van der Waals surface area contributed by atoms with Gasteiger partial charge in [0.15, 0.2) is 9.84 Å². The third-order valence-electron chi connectivity index (χ3n) is 4.08. The number of benzene rings is 1. The molecule has 0 unspecified atom stereocenters. The molecule has 0 spiro atoms. The molecule has 0 aromatic heterocycles. The summed E-state index contributed by atoms with van der Waals surface area (Å²) in [6.45, 7) is 2.84. The zero-order chi connectivity index (χ0) is 17.6. The lowest BCUT2D eigenvalue weighted by atomic mass is 10.2. The molecule has 132 valence electrons. The van der Waals surface area contributed by atoms with Crippen LogP contribution in [0, 0.1) is 0 Å². The van der Waals surface area contributed by atoms with E-state index in [4.69, 9.17) is 0 Å². The molecular weight excluding hydrogens is 328 g/mol. The molecule has 1 aliphatic heterocycles. The maximum Gasteiger partial charge on any atom is 0.223 e. The number of nitrogens with one attached hydrogen (secondary N) is 1. The van der Waals surface area contributed by atoms with Crippen molar-refractivity contribution in [2.45, 2.75) is 43.9 Å². The maximum atomic E-state index is 12.4. The molecule has 0 bridgehead atoms. The fourth-order valence-electron chi connectivity index (χ4n) is 2.77. The summed E-state index contributed by atoms with van der Waals surface area (Å²) in [5.74, 6) is -0.494. The number of nitrogens with zero attached hydrogens (tertiary/aromatic N) is 1. The molecule has 2 rings (SSSR count). The van der Waals surface area contributed by atoms with Crippen molar-refractivity contribution >= 4 is 27.3 Å². The zero-order valence-corrected chi connectivity index (χ0v) is 14.8. The van der Waals surface area contributed by atoms with Gasteiger partial charge in [-0.2, -0.15) is 0 Å². The highest BCUT2D eigenvalue weighted by molar-refractivity contribution is 7.91. The van der Waals surface area contributed by atoms with Gasteiger partial charge in [0.25, 0.3) is 0 Å². The van der Waals surface area contributed by atoms with E-state index in [1.807, 2.05) is 0 Å². The van der Waals surface area contributed by atoms with E-state index in [0.717, 1.165) is 38.8 Å². The first-order chi connectivity index (χ1) is 11.4. The summed E-state index contributed by atoms with van der Waals surface area (Å²) in [4.78, 5) is 25.1. The molecule has 0 aliphatic carbocycles. The molecule has 0 saturated carbocycles. The number of hydrogen-bond acceptors (Lipinski definition) is 4. The van der Waals surface area contributed by atoms with Crippen molar-refractivity contribution in [2.24, 2.45) is 0 Å². The van der Waals surface area contributed by atoms with E-state index < -0.39 is 9.84 Å². The Hall–Kier alpha value is -1.89. The second-order valence-corrected chi connectivity index (χ2v) is 8.18. The fourth-order valence-corrected chi connectivity index (χ4v) is 4.00. The monoisotopic (exact) mass is 352 g/mol. The highest BCUT2D eigenvalue weighted by Gasteiger charge is 2.20. The third-order valence-corrected chi connectivity index (χ3v) is 5.81. The quantitative estimate of drug-likeness (QED) is 0.881. The highest BCUT2D eigenvalue weighted by Crippen LogP contribution is 2.17. The Bertz CT molecular complexity index is 675. The van der Waals surface area contributed by atoms with Gasteiger partial charge in [0.1, 0.15) is 0 Å². The number of carbonyl (C=O) groups excluding carboxylic acids is 2.